The van der Waals surface area contributed by atoms with Crippen LogP contribution in [0.5, 0.6) is 0 Å². The third kappa shape index (κ3) is 8.39. The lowest BCUT2D eigenvalue weighted by Gasteiger charge is -2.08. The molecule has 1 heterocycles. The molecule has 0 unspecified atom stereocenters. The van der Waals surface area contributed by atoms with Gasteiger partial charge in [-0.3, -0.25) is 14.3 Å². The minimum Gasteiger partial charge on any atom is -0.269 e. The van der Waals surface area contributed by atoms with Crippen LogP contribution in [-0.2, 0) is 16.7 Å². The molecule has 0 fully saturated rings. The Morgan fingerprint density at radius 3 is 2.41 bits per heavy atom. The van der Waals surface area contributed by atoms with E-state index in [1.807, 2.05) is 29.0 Å². The van der Waals surface area contributed by atoms with Gasteiger partial charge >= 0.3 is 10.3 Å². The van der Waals surface area contributed by atoms with Crippen LogP contribution in [0.3, 0.4) is 0 Å². The Morgan fingerprint density at radius 1 is 1.18 bits per heavy atom. The molecule has 1 aromatic carbocycles. The van der Waals surface area contributed by atoms with E-state index in [4.69, 9.17) is 4.55 Å². The largest absolute Gasteiger partial charge is 0.357 e. The number of benzene rings is 1. The van der Waals surface area contributed by atoms with Gasteiger partial charge in [-0.2, -0.15) is 8.42 Å². The lowest BCUT2D eigenvalue weighted by molar-refractivity contribution is 0.489. The number of nitrogens with zero attached hydrogens (tertiary/aromatic N) is 1. The van der Waals surface area contributed by atoms with Crippen molar-refractivity contribution < 1.29 is 13.0 Å². The van der Waals surface area contributed by atoms with Crippen LogP contribution in [0.1, 0.15) is 31.7 Å². The fourth-order valence-electron chi connectivity index (χ4n) is 1.78. The van der Waals surface area contributed by atoms with Gasteiger partial charge in [-0.15, -0.1) is 0 Å². The number of hydrogen-bond donors (Lipinski definition) is 2. The molecule has 22 heavy (non-hydrogen) atoms. The third-order valence-electron chi connectivity index (χ3n) is 2.79. The number of unbranched alkanes of at least 4 members (excludes halogenated alkanes) is 2. The average molecular weight is 321 g/mol. The summed E-state index contributed by atoms with van der Waals surface area (Å²) in [5.74, 6) is 0. The van der Waals surface area contributed by atoms with E-state index in [9.17, 15) is 8.42 Å². The number of rotatable bonds is 6. The highest BCUT2D eigenvalue weighted by atomic mass is 32.2. The number of aryl methyl sites for hydroxylation is 1. The normalized spacial score (nSPS) is 10.5. The zero-order chi connectivity index (χ0) is 16.3. The second kappa shape index (κ2) is 9.92. The quantitative estimate of drug-likeness (QED) is 0.630. The summed E-state index contributed by atoms with van der Waals surface area (Å²) in [5, 5.41) is 0. The summed E-state index contributed by atoms with van der Waals surface area (Å²) in [6, 6.07) is 13.7. The maximum Gasteiger partial charge on any atom is 0.357 e. The molecule has 6 heteroatoms. The Bertz CT molecular complexity index is 604. The van der Waals surface area contributed by atoms with E-state index in [-0.39, 0.29) is 0 Å². The molecule has 0 aliphatic carbocycles. The Hall–Kier alpha value is -1.92. The first-order chi connectivity index (χ1) is 10.5. The van der Waals surface area contributed by atoms with Crippen LogP contribution in [0.2, 0.25) is 0 Å². The van der Waals surface area contributed by atoms with Crippen LogP contribution >= 0.6 is 0 Å². The molecule has 0 aliphatic rings. The summed E-state index contributed by atoms with van der Waals surface area (Å²) < 4.78 is 32.2. The van der Waals surface area contributed by atoms with Crippen molar-refractivity contribution in [3.05, 3.63) is 60.4 Å². The fraction of sp³-hybridized carbons (Fsp3) is 0.312. The Balaban J connectivity index is 0.000000335. The predicted molar refractivity (Wildman–Crippen MR) is 87.9 cm³/mol. The first-order valence-electron chi connectivity index (χ1n) is 7.12. The molecule has 2 rings (SSSR count). The maximum absolute atomic E-state index is 10.7. The molecule has 0 spiro atoms. The Morgan fingerprint density at radius 2 is 1.91 bits per heavy atom. The fourth-order valence-corrected chi connectivity index (χ4v) is 2.23. The second-order valence-corrected chi connectivity index (χ2v) is 5.78. The predicted octanol–water partition coefficient (Wildman–Crippen LogP) is 3.52. The van der Waals surface area contributed by atoms with Crippen LogP contribution < -0.4 is 4.72 Å². The summed E-state index contributed by atoms with van der Waals surface area (Å²) in [6.07, 6.45) is 7.48. The molecule has 0 amide bonds. The number of pyridine rings is 1. The van der Waals surface area contributed by atoms with Crippen molar-refractivity contribution in [1.29, 1.82) is 0 Å². The van der Waals surface area contributed by atoms with Crippen molar-refractivity contribution in [3.63, 3.8) is 0 Å². The molecule has 0 aliphatic heterocycles. The van der Waals surface area contributed by atoms with E-state index in [0.29, 0.717) is 5.69 Å². The van der Waals surface area contributed by atoms with Crippen LogP contribution in [0.25, 0.3) is 0 Å². The molecule has 0 saturated heterocycles. The van der Waals surface area contributed by atoms with Gasteiger partial charge in [-0.1, -0.05) is 44.0 Å². The molecule has 2 aromatic rings. The van der Waals surface area contributed by atoms with Crippen molar-refractivity contribution in [2.75, 3.05) is 4.72 Å². The van der Waals surface area contributed by atoms with E-state index < -0.39 is 10.3 Å². The molecule has 2 N–H and O–H groups in total. The topological polar surface area (TPSA) is 79.3 Å². The van der Waals surface area contributed by atoms with Crippen molar-refractivity contribution in [2.45, 2.75) is 32.6 Å². The zero-order valence-corrected chi connectivity index (χ0v) is 13.4. The minimum atomic E-state index is -4.21. The van der Waals surface area contributed by atoms with Gasteiger partial charge in [-0.05, 0) is 30.5 Å². The maximum atomic E-state index is 10.7. The summed E-state index contributed by atoms with van der Waals surface area (Å²) in [7, 11) is -4.21. The van der Waals surface area contributed by atoms with Gasteiger partial charge in [0.05, 0.1) is 5.69 Å². The summed E-state index contributed by atoms with van der Waals surface area (Å²) in [4.78, 5) is 3.78. The molecule has 1 aromatic heterocycles. The van der Waals surface area contributed by atoms with Gasteiger partial charge in [-0.25, -0.2) is 0 Å². The lowest BCUT2D eigenvalue weighted by Crippen LogP contribution is -2.12. The van der Waals surface area contributed by atoms with Crippen molar-refractivity contribution in [2.24, 2.45) is 0 Å². The van der Waals surface area contributed by atoms with Crippen molar-refractivity contribution in [3.8, 4) is 0 Å². The van der Waals surface area contributed by atoms with E-state index in [0.717, 1.165) is 31.2 Å². The highest BCUT2D eigenvalue weighted by Gasteiger charge is 2.08. The molecule has 0 saturated carbocycles. The monoisotopic (exact) mass is 321 g/mol. The van der Waals surface area contributed by atoms with E-state index in [1.54, 1.807) is 24.5 Å². The Labute approximate surface area is 132 Å². The molecular weight excluding hydrogens is 300 g/mol. The second-order valence-electron chi connectivity index (χ2n) is 4.63. The average Bonchev–Trinajstić information content (AvgIpc) is 2.50. The van der Waals surface area contributed by atoms with Crippen LogP contribution in [0.15, 0.2) is 48.8 Å². The molecule has 5 nitrogen and oxygen atoms in total. The highest BCUT2D eigenvalue weighted by molar-refractivity contribution is 7.87. The SMILES string of the molecule is CCCCCc1ccc[c]c1NS(=O)(=O)O.c1ccncc1. The van der Waals surface area contributed by atoms with Gasteiger partial charge in [0.15, 0.2) is 0 Å². The third-order valence-corrected chi connectivity index (χ3v) is 3.25. The van der Waals surface area contributed by atoms with Crippen LogP contribution in [0.4, 0.5) is 5.69 Å². The number of aromatic nitrogens is 1. The zero-order valence-electron chi connectivity index (χ0n) is 12.6. The summed E-state index contributed by atoms with van der Waals surface area (Å²) in [6.45, 7) is 2.11. The Kier molecular flexibility index (Phi) is 8.17. The van der Waals surface area contributed by atoms with Gasteiger partial charge in [0, 0.05) is 18.5 Å². The standard InChI is InChI=1S/C11H16NO3S.C5H5N/c1-2-3-4-7-10-8-5-6-9-11(10)12-16(13,14)15;1-2-4-6-5-3-1/h5-6,8,12H,2-4,7H2,1H3,(H,13,14,15);1-5H. The smallest absolute Gasteiger partial charge is 0.269 e. The number of hydrogen-bond acceptors (Lipinski definition) is 3. The van der Waals surface area contributed by atoms with E-state index in [1.165, 1.54) is 0 Å². The van der Waals surface area contributed by atoms with Gasteiger partial charge in [0.1, 0.15) is 0 Å². The first kappa shape index (κ1) is 18.1. The molecule has 0 atom stereocenters. The lowest BCUT2D eigenvalue weighted by atomic mass is 10.1. The van der Waals surface area contributed by atoms with Crippen LogP contribution in [-0.4, -0.2) is 18.0 Å². The number of nitrogens with one attached hydrogen (secondary N) is 1. The van der Waals surface area contributed by atoms with Gasteiger partial charge in [0.2, 0.25) is 0 Å². The molecule has 0 bridgehead atoms. The number of para-hydroxylation sites is 1. The van der Waals surface area contributed by atoms with Crippen molar-refractivity contribution in [1.82, 2.24) is 4.98 Å². The minimum absolute atomic E-state index is 0.334. The van der Waals surface area contributed by atoms with Gasteiger partial charge in [0.25, 0.3) is 0 Å². The summed E-state index contributed by atoms with van der Waals surface area (Å²) >= 11 is 0. The molecular formula is C16H21N2O3S. The summed E-state index contributed by atoms with van der Waals surface area (Å²) in [5.41, 5.74) is 1.19. The van der Waals surface area contributed by atoms with Gasteiger partial charge < -0.3 is 0 Å². The highest BCUT2D eigenvalue weighted by Crippen LogP contribution is 2.18. The van der Waals surface area contributed by atoms with E-state index in [2.05, 4.69) is 18.0 Å². The number of anilines is 1. The van der Waals surface area contributed by atoms with Crippen LogP contribution in [0, 0.1) is 6.07 Å². The van der Waals surface area contributed by atoms with Crippen molar-refractivity contribution >= 4 is 16.0 Å². The molecule has 119 valence electrons. The van der Waals surface area contributed by atoms with E-state index >= 15 is 0 Å². The first-order valence-corrected chi connectivity index (χ1v) is 8.56. The molecule has 1 radical (unpaired) electrons.